The van der Waals surface area contributed by atoms with Crippen molar-refractivity contribution in [2.45, 2.75) is 32.9 Å². The van der Waals surface area contributed by atoms with Gasteiger partial charge in [0, 0.05) is 43.1 Å². The van der Waals surface area contributed by atoms with Gasteiger partial charge in [-0.05, 0) is 49.6 Å². The molecule has 0 aliphatic carbocycles. The van der Waals surface area contributed by atoms with Crippen LogP contribution in [-0.2, 0) is 13.6 Å². The van der Waals surface area contributed by atoms with Crippen LogP contribution in [-0.4, -0.2) is 49.2 Å². The highest BCUT2D eigenvalue weighted by atomic mass is 16.3. The summed E-state index contributed by atoms with van der Waals surface area (Å²) < 4.78 is 4.37. The first-order chi connectivity index (χ1) is 15.0. The third-order valence-electron chi connectivity index (χ3n) is 6.41. The number of carbonyl (C=O) groups is 1. The molecular formula is C25H28N4O2. The zero-order chi connectivity index (χ0) is 21.7. The second-order valence-corrected chi connectivity index (χ2v) is 8.74. The van der Waals surface area contributed by atoms with E-state index in [1.807, 2.05) is 25.2 Å². The van der Waals surface area contributed by atoms with Crippen molar-refractivity contribution in [2.24, 2.45) is 13.0 Å². The fraction of sp³-hybridized carbons (Fsp3) is 0.360. The van der Waals surface area contributed by atoms with E-state index in [0.29, 0.717) is 24.6 Å². The lowest BCUT2D eigenvalue weighted by Crippen LogP contribution is -2.45. The van der Waals surface area contributed by atoms with Gasteiger partial charge in [0.05, 0.1) is 22.8 Å². The van der Waals surface area contributed by atoms with E-state index in [1.54, 1.807) is 4.90 Å². The monoisotopic (exact) mass is 416 g/mol. The Morgan fingerprint density at radius 1 is 1.13 bits per heavy atom. The molecule has 4 aromatic rings. The van der Waals surface area contributed by atoms with Gasteiger partial charge in [0.15, 0.2) is 5.82 Å². The Hall–Kier alpha value is -3.12. The number of amides is 1. The molecule has 5 rings (SSSR count). The molecule has 2 aromatic heterocycles. The summed E-state index contributed by atoms with van der Waals surface area (Å²) >= 11 is 0. The zero-order valence-corrected chi connectivity index (χ0v) is 18.2. The summed E-state index contributed by atoms with van der Waals surface area (Å²) in [5.74, 6) is 1.15. The van der Waals surface area contributed by atoms with Gasteiger partial charge in [0.25, 0.3) is 5.91 Å². The molecule has 1 aliphatic rings. The first-order valence-corrected chi connectivity index (χ1v) is 11.0. The number of fused-ring (bicyclic) bond motifs is 2. The maximum Gasteiger partial charge on any atom is 0.254 e. The van der Waals surface area contributed by atoms with Gasteiger partial charge in [-0.15, -0.1) is 0 Å². The van der Waals surface area contributed by atoms with Crippen LogP contribution in [0.15, 0.2) is 48.5 Å². The Morgan fingerprint density at radius 2 is 1.94 bits per heavy atom. The smallest absolute Gasteiger partial charge is 0.254 e. The number of benzene rings is 2. The van der Waals surface area contributed by atoms with Gasteiger partial charge in [-0.1, -0.05) is 25.1 Å². The average molecular weight is 417 g/mol. The molecule has 0 bridgehead atoms. The molecule has 1 amide bonds. The van der Waals surface area contributed by atoms with Gasteiger partial charge in [0.2, 0.25) is 0 Å². The van der Waals surface area contributed by atoms with Crippen molar-refractivity contribution < 1.29 is 9.90 Å². The van der Waals surface area contributed by atoms with Crippen molar-refractivity contribution in [3.05, 3.63) is 54.1 Å². The second kappa shape index (κ2) is 7.54. The Labute approximate surface area is 181 Å². The van der Waals surface area contributed by atoms with Crippen molar-refractivity contribution in [2.75, 3.05) is 13.1 Å². The molecule has 2 atom stereocenters. The summed E-state index contributed by atoms with van der Waals surface area (Å²) in [5, 5.41) is 11.3. The number of imidazole rings is 1. The van der Waals surface area contributed by atoms with Gasteiger partial charge in [0.1, 0.15) is 0 Å². The van der Waals surface area contributed by atoms with Crippen LogP contribution < -0.4 is 0 Å². The zero-order valence-electron chi connectivity index (χ0n) is 18.2. The minimum Gasteiger partial charge on any atom is -0.391 e. The Kier molecular flexibility index (Phi) is 4.82. The molecule has 2 aromatic carbocycles. The van der Waals surface area contributed by atoms with E-state index in [4.69, 9.17) is 4.98 Å². The molecule has 1 N–H and O–H groups in total. The number of aryl methyl sites for hydroxylation is 2. The fourth-order valence-corrected chi connectivity index (χ4v) is 4.97. The third kappa shape index (κ3) is 3.31. The highest BCUT2D eigenvalue weighted by molar-refractivity contribution is 5.98. The van der Waals surface area contributed by atoms with Crippen LogP contribution in [0.4, 0.5) is 0 Å². The number of β-amino-alcohol motifs (C(OH)–C–C–N with tert-alkyl or cyclic N) is 1. The molecule has 0 spiro atoms. The fourth-order valence-electron chi connectivity index (χ4n) is 4.97. The van der Waals surface area contributed by atoms with Crippen molar-refractivity contribution in [3.8, 4) is 11.5 Å². The van der Waals surface area contributed by atoms with Crippen LogP contribution in [0.25, 0.3) is 33.5 Å². The molecule has 31 heavy (non-hydrogen) atoms. The molecule has 1 aliphatic heterocycles. The maximum absolute atomic E-state index is 13.1. The van der Waals surface area contributed by atoms with E-state index in [0.717, 1.165) is 35.5 Å². The van der Waals surface area contributed by atoms with E-state index in [-0.39, 0.29) is 5.91 Å². The summed E-state index contributed by atoms with van der Waals surface area (Å²) in [4.78, 5) is 19.8. The van der Waals surface area contributed by atoms with E-state index in [1.165, 1.54) is 10.9 Å². The average Bonchev–Trinajstić information content (AvgIpc) is 3.29. The van der Waals surface area contributed by atoms with Gasteiger partial charge in [-0.2, -0.15) is 0 Å². The standard InChI is InChI=1S/C25H28N4O2/c1-4-29-21-8-6-5-7-17(21)13-23(29)24-26-20-12-18(9-10-22(20)27(24)3)25(31)28-14-16(2)11-19(30)15-28/h5-10,12-13,16,19,30H,4,11,14-15H2,1-3H3. The predicted molar refractivity (Wildman–Crippen MR) is 123 cm³/mol. The lowest BCUT2D eigenvalue weighted by Gasteiger charge is -2.34. The topological polar surface area (TPSA) is 63.3 Å². The number of carbonyl (C=O) groups excluding carboxylic acids is 1. The normalized spacial score (nSPS) is 19.4. The van der Waals surface area contributed by atoms with Crippen LogP contribution in [0.1, 0.15) is 30.6 Å². The summed E-state index contributed by atoms with van der Waals surface area (Å²) in [6.45, 7) is 6.14. The molecule has 6 heteroatoms. The van der Waals surface area contributed by atoms with Gasteiger partial charge in [-0.25, -0.2) is 4.98 Å². The second-order valence-electron chi connectivity index (χ2n) is 8.74. The van der Waals surface area contributed by atoms with Crippen LogP contribution in [0.5, 0.6) is 0 Å². The predicted octanol–water partition coefficient (Wildman–Crippen LogP) is 4.06. The van der Waals surface area contributed by atoms with E-state index < -0.39 is 6.10 Å². The number of aliphatic hydroxyl groups excluding tert-OH is 1. The van der Waals surface area contributed by atoms with Gasteiger partial charge >= 0.3 is 0 Å². The van der Waals surface area contributed by atoms with Crippen molar-refractivity contribution in [1.29, 1.82) is 0 Å². The quantitative estimate of drug-likeness (QED) is 0.548. The number of aliphatic hydroxyl groups is 1. The molecular weight excluding hydrogens is 388 g/mol. The molecule has 2 unspecified atom stereocenters. The summed E-state index contributed by atoms with van der Waals surface area (Å²) in [6.07, 6.45) is 0.298. The maximum atomic E-state index is 13.1. The van der Waals surface area contributed by atoms with Crippen LogP contribution in [0.2, 0.25) is 0 Å². The lowest BCUT2D eigenvalue weighted by molar-refractivity contribution is 0.0339. The number of para-hydroxylation sites is 1. The van der Waals surface area contributed by atoms with E-state index >= 15 is 0 Å². The van der Waals surface area contributed by atoms with Crippen LogP contribution in [0, 0.1) is 5.92 Å². The van der Waals surface area contributed by atoms with Crippen molar-refractivity contribution >= 4 is 27.8 Å². The van der Waals surface area contributed by atoms with E-state index in [9.17, 15) is 9.90 Å². The van der Waals surface area contributed by atoms with E-state index in [2.05, 4.69) is 53.3 Å². The number of piperidine rings is 1. The number of rotatable bonds is 3. The number of hydrogen-bond donors (Lipinski definition) is 1. The Morgan fingerprint density at radius 3 is 2.71 bits per heavy atom. The first-order valence-electron chi connectivity index (χ1n) is 11.0. The van der Waals surface area contributed by atoms with Gasteiger partial charge < -0.3 is 19.1 Å². The Balaban J connectivity index is 1.56. The molecule has 1 fully saturated rings. The molecule has 160 valence electrons. The minimum atomic E-state index is -0.450. The number of nitrogens with zero attached hydrogens (tertiary/aromatic N) is 4. The highest BCUT2D eigenvalue weighted by Crippen LogP contribution is 2.30. The largest absolute Gasteiger partial charge is 0.391 e. The minimum absolute atomic E-state index is 0.0395. The van der Waals surface area contributed by atoms with Gasteiger partial charge in [-0.3, -0.25) is 4.79 Å². The number of likely N-dealkylation sites (tertiary alicyclic amines) is 1. The third-order valence-corrected chi connectivity index (χ3v) is 6.41. The van der Waals surface area contributed by atoms with Crippen molar-refractivity contribution in [3.63, 3.8) is 0 Å². The van der Waals surface area contributed by atoms with Crippen LogP contribution >= 0.6 is 0 Å². The highest BCUT2D eigenvalue weighted by Gasteiger charge is 2.27. The summed E-state index contributed by atoms with van der Waals surface area (Å²) in [7, 11) is 2.02. The molecule has 0 saturated carbocycles. The molecule has 0 radical (unpaired) electrons. The first kappa shape index (κ1) is 19.8. The number of hydrogen-bond acceptors (Lipinski definition) is 3. The van der Waals surface area contributed by atoms with Crippen LogP contribution in [0.3, 0.4) is 0 Å². The Bertz CT molecular complexity index is 1280. The van der Waals surface area contributed by atoms with Crippen molar-refractivity contribution in [1.82, 2.24) is 19.0 Å². The SMILES string of the molecule is CCn1c(-c2nc3cc(C(=O)N4CC(C)CC(O)C4)ccc3n2C)cc2ccccc21. The lowest BCUT2D eigenvalue weighted by atomic mass is 9.97. The summed E-state index contributed by atoms with van der Waals surface area (Å²) in [6, 6.07) is 16.3. The molecule has 3 heterocycles. The molecule has 6 nitrogen and oxygen atoms in total. The number of aromatic nitrogens is 3. The molecule has 1 saturated heterocycles. The summed E-state index contributed by atoms with van der Waals surface area (Å²) in [5.41, 5.74) is 4.69.